The molecule has 4 heteroatoms. The van der Waals surface area contributed by atoms with Crippen LogP contribution in [-0.4, -0.2) is 39.9 Å². The fourth-order valence-corrected chi connectivity index (χ4v) is 4.33. The molecule has 4 nitrogen and oxygen atoms in total. The minimum atomic E-state index is -0.768. The second-order valence-corrected chi connectivity index (χ2v) is 8.84. The van der Waals surface area contributed by atoms with Crippen molar-refractivity contribution in [3.05, 3.63) is 0 Å². The summed E-state index contributed by atoms with van der Waals surface area (Å²) in [6.07, 6.45) is 0.942. The van der Waals surface area contributed by atoms with Crippen LogP contribution in [0.2, 0.25) is 0 Å². The van der Waals surface area contributed by atoms with Crippen molar-refractivity contribution in [3.8, 4) is 0 Å². The van der Waals surface area contributed by atoms with Gasteiger partial charge in [0.1, 0.15) is 12.2 Å². The Balaban J connectivity index is 2.01. The quantitative estimate of drug-likeness (QED) is 0.743. The molecule has 20 heavy (non-hydrogen) atoms. The maximum absolute atomic E-state index is 11.2. The summed E-state index contributed by atoms with van der Waals surface area (Å²) >= 11 is 0. The molecule has 5 atom stereocenters. The van der Waals surface area contributed by atoms with Crippen LogP contribution >= 0.6 is 0 Å². The highest BCUT2D eigenvalue weighted by molar-refractivity contribution is 5.20. The third-order valence-corrected chi connectivity index (χ3v) is 5.45. The third-order valence-electron chi connectivity index (χ3n) is 5.45. The van der Waals surface area contributed by atoms with Crippen LogP contribution in [0.4, 0.5) is 0 Å². The van der Waals surface area contributed by atoms with Gasteiger partial charge in [0.15, 0.2) is 5.79 Å². The Morgan fingerprint density at radius 1 is 0.900 bits per heavy atom. The highest BCUT2D eigenvalue weighted by Crippen LogP contribution is 2.60. The van der Waals surface area contributed by atoms with Gasteiger partial charge in [0.2, 0.25) is 0 Å². The van der Waals surface area contributed by atoms with Crippen LogP contribution < -0.4 is 0 Å². The lowest BCUT2D eigenvalue weighted by molar-refractivity contribution is -0.281. The van der Waals surface area contributed by atoms with E-state index in [2.05, 4.69) is 34.6 Å². The van der Waals surface area contributed by atoms with Crippen molar-refractivity contribution in [2.45, 2.75) is 96.1 Å². The van der Waals surface area contributed by atoms with E-state index in [1.807, 2.05) is 13.8 Å². The molecule has 0 aromatic rings. The highest BCUT2D eigenvalue weighted by atomic mass is 16.8. The molecule has 0 spiro atoms. The molecule has 3 heterocycles. The molecule has 3 saturated heterocycles. The molecule has 3 rings (SSSR count). The Morgan fingerprint density at radius 2 is 1.30 bits per heavy atom. The molecule has 1 N–H and O–H groups in total. The van der Waals surface area contributed by atoms with E-state index in [0.29, 0.717) is 12.8 Å². The molecule has 0 aliphatic carbocycles. The van der Waals surface area contributed by atoms with Gasteiger partial charge in [-0.25, -0.2) is 0 Å². The lowest BCUT2D eigenvalue weighted by Crippen LogP contribution is -2.59. The molecule has 0 unspecified atom stereocenters. The van der Waals surface area contributed by atoms with E-state index < -0.39 is 22.6 Å². The van der Waals surface area contributed by atoms with E-state index in [4.69, 9.17) is 14.2 Å². The summed E-state index contributed by atoms with van der Waals surface area (Å²) in [5.41, 5.74) is -1.95. The van der Waals surface area contributed by atoms with Crippen molar-refractivity contribution in [3.63, 3.8) is 0 Å². The minimum Gasteiger partial charge on any atom is -0.389 e. The van der Waals surface area contributed by atoms with Crippen molar-refractivity contribution in [1.82, 2.24) is 0 Å². The molecule has 3 aliphatic rings. The predicted molar refractivity (Wildman–Crippen MR) is 75.4 cm³/mol. The first-order chi connectivity index (χ1) is 8.81. The van der Waals surface area contributed by atoms with E-state index in [1.165, 1.54) is 0 Å². The minimum absolute atomic E-state index is 0.112. The van der Waals surface area contributed by atoms with Crippen LogP contribution in [0.5, 0.6) is 0 Å². The van der Waals surface area contributed by atoms with Crippen LogP contribution in [0.15, 0.2) is 0 Å². The molecule has 3 fully saturated rings. The topological polar surface area (TPSA) is 47.9 Å². The Bertz CT molecular complexity index is 410. The normalized spacial score (nSPS) is 54.0. The summed E-state index contributed by atoms with van der Waals surface area (Å²) in [4.78, 5) is 0. The summed E-state index contributed by atoms with van der Waals surface area (Å²) in [7, 11) is 0. The zero-order valence-corrected chi connectivity index (χ0v) is 13.7. The first-order valence-corrected chi connectivity index (χ1v) is 7.59. The molecular weight excluding hydrogens is 256 g/mol. The van der Waals surface area contributed by atoms with E-state index in [0.717, 1.165) is 0 Å². The molecule has 3 aliphatic heterocycles. The lowest BCUT2D eigenvalue weighted by atomic mass is 9.66. The highest BCUT2D eigenvalue weighted by Gasteiger charge is 2.72. The average molecular weight is 284 g/mol. The van der Waals surface area contributed by atoms with Gasteiger partial charge in [-0.1, -0.05) is 20.8 Å². The van der Waals surface area contributed by atoms with Gasteiger partial charge in [0, 0.05) is 12.8 Å². The molecule has 2 bridgehead atoms. The van der Waals surface area contributed by atoms with Crippen molar-refractivity contribution in [1.29, 1.82) is 0 Å². The van der Waals surface area contributed by atoms with Gasteiger partial charge in [-0.3, -0.25) is 0 Å². The second-order valence-electron chi connectivity index (χ2n) is 8.84. The van der Waals surface area contributed by atoms with Crippen LogP contribution in [-0.2, 0) is 14.2 Å². The zero-order valence-electron chi connectivity index (χ0n) is 13.7. The van der Waals surface area contributed by atoms with Crippen molar-refractivity contribution in [2.24, 2.45) is 5.41 Å². The van der Waals surface area contributed by atoms with Crippen LogP contribution in [0, 0.1) is 5.41 Å². The predicted octanol–water partition coefficient (Wildman–Crippen LogP) is 2.63. The maximum Gasteiger partial charge on any atom is 0.164 e. The number of rotatable bonds is 0. The molecule has 0 radical (unpaired) electrons. The van der Waals surface area contributed by atoms with Crippen molar-refractivity contribution in [2.75, 3.05) is 0 Å². The van der Waals surface area contributed by atoms with Crippen molar-refractivity contribution < 1.29 is 19.3 Å². The van der Waals surface area contributed by atoms with E-state index in [1.54, 1.807) is 0 Å². The number of hydrogen-bond donors (Lipinski definition) is 1. The first kappa shape index (κ1) is 14.8. The van der Waals surface area contributed by atoms with Crippen LogP contribution in [0.3, 0.4) is 0 Å². The summed E-state index contributed by atoms with van der Waals surface area (Å²) in [5, 5.41) is 11.2. The average Bonchev–Trinajstić information content (AvgIpc) is 2.57. The lowest BCUT2D eigenvalue weighted by Gasteiger charge is -2.52. The molecule has 0 amide bonds. The van der Waals surface area contributed by atoms with E-state index in [-0.39, 0.29) is 17.6 Å². The van der Waals surface area contributed by atoms with Gasteiger partial charge in [0.25, 0.3) is 0 Å². The molecular formula is C16H28O4. The summed E-state index contributed by atoms with van der Waals surface area (Å²) in [6.45, 7) is 14.3. The second kappa shape index (κ2) is 3.60. The monoisotopic (exact) mass is 284 g/mol. The standard InChI is InChI=1S/C16H28O4/c1-12(2,3)16(17)8-14(6)10-11(15(7,9-16)20-14)19-13(4,5)18-10/h10-11,17H,8-9H2,1-7H3/t10-,11+,14+,15-,16+. The Morgan fingerprint density at radius 3 is 1.65 bits per heavy atom. The molecule has 0 saturated carbocycles. The van der Waals surface area contributed by atoms with Gasteiger partial charge >= 0.3 is 0 Å². The van der Waals surface area contributed by atoms with Crippen molar-refractivity contribution >= 4 is 0 Å². The van der Waals surface area contributed by atoms with Gasteiger partial charge < -0.3 is 19.3 Å². The molecule has 0 aromatic heterocycles. The number of aliphatic hydroxyl groups is 1. The molecule has 116 valence electrons. The largest absolute Gasteiger partial charge is 0.389 e. The van der Waals surface area contributed by atoms with Crippen LogP contribution in [0.1, 0.15) is 61.3 Å². The zero-order chi connectivity index (χ0) is 15.2. The summed E-state index contributed by atoms with van der Waals surface area (Å²) in [6, 6.07) is 0. The Kier molecular flexibility index (Phi) is 2.65. The van der Waals surface area contributed by atoms with E-state index in [9.17, 15) is 5.11 Å². The number of fused-ring (bicyclic) bond motifs is 5. The first-order valence-electron chi connectivity index (χ1n) is 7.59. The third kappa shape index (κ3) is 1.81. The Hall–Kier alpha value is -0.160. The van der Waals surface area contributed by atoms with Crippen LogP contribution in [0.25, 0.3) is 0 Å². The van der Waals surface area contributed by atoms with E-state index >= 15 is 0 Å². The smallest absolute Gasteiger partial charge is 0.164 e. The number of ether oxygens (including phenoxy) is 3. The summed E-state index contributed by atoms with van der Waals surface area (Å²) < 4.78 is 18.5. The fraction of sp³-hybridized carbons (Fsp3) is 1.00. The van der Waals surface area contributed by atoms with Gasteiger partial charge in [0.05, 0.1) is 16.8 Å². The van der Waals surface area contributed by atoms with Gasteiger partial charge in [-0.15, -0.1) is 0 Å². The molecule has 0 aromatic carbocycles. The summed E-state index contributed by atoms with van der Waals surface area (Å²) in [5.74, 6) is -0.571. The number of hydrogen-bond acceptors (Lipinski definition) is 4. The Labute approximate surface area is 121 Å². The maximum atomic E-state index is 11.2. The fourth-order valence-electron chi connectivity index (χ4n) is 4.33. The van der Waals surface area contributed by atoms with Gasteiger partial charge in [-0.05, 0) is 33.1 Å². The van der Waals surface area contributed by atoms with Gasteiger partial charge in [-0.2, -0.15) is 0 Å². The SMILES string of the molecule is CC1(C)O[C@@H]2[C@H](O1)[C@@]1(C)C[C@](O)(C(C)(C)C)C[C@]2(C)O1.